The summed E-state index contributed by atoms with van der Waals surface area (Å²) in [5.41, 5.74) is 11.5. The van der Waals surface area contributed by atoms with Crippen molar-refractivity contribution in [1.82, 2.24) is 15.5 Å². The lowest BCUT2D eigenvalue weighted by Crippen LogP contribution is -2.54. The number of carbonyl (C=O) groups is 5. The lowest BCUT2D eigenvalue weighted by Gasteiger charge is -2.27. The van der Waals surface area contributed by atoms with Crippen LogP contribution in [0.25, 0.3) is 0 Å². The van der Waals surface area contributed by atoms with Crippen LogP contribution in [0.15, 0.2) is 30.3 Å². The summed E-state index contributed by atoms with van der Waals surface area (Å²) in [5, 5.41) is 14.3. The van der Waals surface area contributed by atoms with Crippen molar-refractivity contribution in [3.63, 3.8) is 0 Å². The van der Waals surface area contributed by atoms with Gasteiger partial charge in [-0.2, -0.15) is 0 Å². The van der Waals surface area contributed by atoms with Crippen LogP contribution in [0.4, 0.5) is 0 Å². The second kappa shape index (κ2) is 11.8. The molecule has 11 heteroatoms. The van der Waals surface area contributed by atoms with Crippen molar-refractivity contribution < 1.29 is 29.1 Å². The maximum absolute atomic E-state index is 13.1. The van der Waals surface area contributed by atoms with E-state index in [4.69, 9.17) is 11.5 Å². The van der Waals surface area contributed by atoms with Gasteiger partial charge >= 0.3 is 5.97 Å². The van der Waals surface area contributed by atoms with Crippen molar-refractivity contribution in [2.75, 3.05) is 13.1 Å². The number of nitrogens with zero attached hydrogens (tertiary/aromatic N) is 1. The Morgan fingerprint density at radius 2 is 1.84 bits per heavy atom. The van der Waals surface area contributed by atoms with Gasteiger partial charge in [0.05, 0.1) is 12.6 Å². The number of rotatable bonds is 11. The second-order valence-electron chi connectivity index (χ2n) is 7.67. The first kappa shape index (κ1) is 24.8. The largest absolute Gasteiger partial charge is 0.480 e. The maximum Gasteiger partial charge on any atom is 0.326 e. The van der Waals surface area contributed by atoms with Gasteiger partial charge in [0.15, 0.2) is 0 Å². The van der Waals surface area contributed by atoms with Crippen LogP contribution in [-0.4, -0.2) is 70.8 Å². The van der Waals surface area contributed by atoms with E-state index in [1.54, 1.807) is 24.3 Å². The summed E-state index contributed by atoms with van der Waals surface area (Å²) in [6.07, 6.45) is 1.07. The smallest absolute Gasteiger partial charge is 0.326 e. The molecular weight excluding hydrogens is 418 g/mol. The Kier molecular flexibility index (Phi) is 9.14. The number of hydrogen-bond donors (Lipinski definition) is 5. The predicted molar refractivity (Wildman–Crippen MR) is 114 cm³/mol. The summed E-state index contributed by atoms with van der Waals surface area (Å²) in [6, 6.07) is 6.07. The maximum atomic E-state index is 13.1. The number of aliphatic carboxylic acids is 1. The van der Waals surface area contributed by atoms with Gasteiger partial charge in [-0.25, -0.2) is 4.79 Å². The van der Waals surface area contributed by atoms with Crippen LogP contribution in [0, 0.1) is 0 Å². The van der Waals surface area contributed by atoms with E-state index in [9.17, 15) is 29.1 Å². The van der Waals surface area contributed by atoms with Crippen molar-refractivity contribution in [1.29, 1.82) is 0 Å². The third-order valence-corrected chi connectivity index (χ3v) is 5.20. The Morgan fingerprint density at radius 3 is 2.47 bits per heavy atom. The van der Waals surface area contributed by atoms with Crippen molar-refractivity contribution in [2.24, 2.45) is 11.5 Å². The zero-order valence-corrected chi connectivity index (χ0v) is 17.7. The Morgan fingerprint density at radius 1 is 1.16 bits per heavy atom. The number of likely N-dealkylation sites (tertiary alicyclic amines) is 1. The number of carbonyl (C=O) groups excluding carboxylic acids is 4. The zero-order valence-electron chi connectivity index (χ0n) is 17.7. The first-order valence-electron chi connectivity index (χ1n) is 10.4. The molecule has 4 amide bonds. The fourth-order valence-electron chi connectivity index (χ4n) is 3.51. The molecule has 2 rings (SSSR count). The minimum Gasteiger partial charge on any atom is -0.480 e. The summed E-state index contributed by atoms with van der Waals surface area (Å²) >= 11 is 0. The molecule has 0 aliphatic carbocycles. The molecule has 0 bridgehead atoms. The first-order chi connectivity index (χ1) is 15.2. The van der Waals surface area contributed by atoms with Crippen LogP contribution in [0.1, 0.15) is 31.2 Å². The van der Waals surface area contributed by atoms with Gasteiger partial charge in [0.25, 0.3) is 0 Å². The van der Waals surface area contributed by atoms with Crippen LogP contribution in [-0.2, 0) is 30.4 Å². The number of carboxylic acid groups (broad SMARTS) is 1. The third kappa shape index (κ3) is 7.34. The molecule has 3 unspecified atom stereocenters. The summed E-state index contributed by atoms with van der Waals surface area (Å²) in [4.78, 5) is 61.1. The van der Waals surface area contributed by atoms with Crippen LogP contribution in [0.5, 0.6) is 0 Å². The lowest BCUT2D eigenvalue weighted by molar-refractivity contribution is -0.149. The minimum absolute atomic E-state index is 0.0451. The molecule has 1 heterocycles. The molecule has 0 aromatic heterocycles. The SMILES string of the molecule is NC(=O)CCC(N)C(=O)NCC(=O)NC(Cc1ccccc1)C(=O)N1CCCC1C(=O)O. The molecule has 174 valence electrons. The van der Waals surface area contributed by atoms with E-state index in [0.29, 0.717) is 19.4 Å². The van der Waals surface area contributed by atoms with Gasteiger partial charge < -0.3 is 32.1 Å². The van der Waals surface area contributed by atoms with E-state index in [1.165, 1.54) is 4.90 Å². The monoisotopic (exact) mass is 447 g/mol. The van der Waals surface area contributed by atoms with Gasteiger partial charge in [-0.05, 0) is 24.8 Å². The van der Waals surface area contributed by atoms with Gasteiger partial charge in [0, 0.05) is 19.4 Å². The van der Waals surface area contributed by atoms with E-state index >= 15 is 0 Å². The average Bonchev–Trinajstić information content (AvgIpc) is 3.25. The molecule has 1 aromatic carbocycles. The fraction of sp³-hybridized carbons (Fsp3) is 0.476. The Labute approximate surface area is 185 Å². The van der Waals surface area contributed by atoms with Crippen LogP contribution in [0.2, 0.25) is 0 Å². The molecule has 0 saturated carbocycles. The van der Waals surface area contributed by atoms with E-state index in [1.807, 2.05) is 6.07 Å². The van der Waals surface area contributed by atoms with Crippen molar-refractivity contribution in [2.45, 2.75) is 50.2 Å². The van der Waals surface area contributed by atoms with E-state index < -0.39 is 54.3 Å². The molecule has 1 fully saturated rings. The first-order valence-corrected chi connectivity index (χ1v) is 10.4. The van der Waals surface area contributed by atoms with Crippen LogP contribution < -0.4 is 22.1 Å². The number of amides is 4. The molecule has 0 spiro atoms. The molecule has 1 aromatic rings. The standard InChI is InChI=1S/C21H29N5O6/c22-14(8-9-17(23)27)19(29)24-12-18(28)25-15(11-13-5-2-1-3-6-13)20(30)26-10-4-7-16(26)21(31)32/h1-3,5-6,14-16H,4,7-12,22H2,(H2,23,27)(H,24,29)(H,25,28)(H,31,32). The predicted octanol–water partition coefficient (Wildman–Crippen LogP) is -1.50. The van der Waals surface area contributed by atoms with Crippen molar-refractivity contribution in [3.8, 4) is 0 Å². The molecular formula is C21H29N5O6. The number of nitrogens with one attached hydrogen (secondary N) is 2. The number of carboxylic acids is 1. The van der Waals surface area contributed by atoms with Gasteiger partial charge in [0.1, 0.15) is 12.1 Å². The summed E-state index contributed by atoms with van der Waals surface area (Å²) in [7, 11) is 0. The van der Waals surface area contributed by atoms with Gasteiger partial charge in [-0.15, -0.1) is 0 Å². The number of nitrogens with two attached hydrogens (primary N) is 2. The topological polar surface area (TPSA) is 185 Å². The Hall–Kier alpha value is -3.47. The highest BCUT2D eigenvalue weighted by Gasteiger charge is 2.37. The van der Waals surface area contributed by atoms with Crippen LogP contribution >= 0.6 is 0 Å². The summed E-state index contributed by atoms with van der Waals surface area (Å²) in [5.74, 6) is -3.41. The molecule has 3 atom stereocenters. The molecule has 7 N–H and O–H groups in total. The fourth-order valence-corrected chi connectivity index (χ4v) is 3.51. The highest BCUT2D eigenvalue weighted by atomic mass is 16.4. The molecule has 1 aliphatic rings. The molecule has 1 saturated heterocycles. The number of primary amides is 1. The average molecular weight is 447 g/mol. The van der Waals surface area contributed by atoms with E-state index in [2.05, 4.69) is 10.6 Å². The highest BCUT2D eigenvalue weighted by Crippen LogP contribution is 2.19. The van der Waals surface area contributed by atoms with Gasteiger partial charge in [0.2, 0.25) is 23.6 Å². The van der Waals surface area contributed by atoms with Crippen LogP contribution in [0.3, 0.4) is 0 Å². The molecule has 11 nitrogen and oxygen atoms in total. The van der Waals surface area contributed by atoms with Gasteiger partial charge in [-0.3, -0.25) is 19.2 Å². The number of hydrogen-bond acceptors (Lipinski definition) is 6. The lowest BCUT2D eigenvalue weighted by atomic mass is 10.0. The second-order valence-corrected chi connectivity index (χ2v) is 7.67. The zero-order chi connectivity index (χ0) is 23.7. The number of benzene rings is 1. The van der Waals surface area contributed by atoms with Crippen molar-refractivity contribution in [3.05, 3.63) is 35.9 Å². The quantitative estimate of drug-likeness (QED) is 0.273. The molecule has 0 radical (unpaired) electrons. The van der Waals surface area contributed by atoms with Gasteiger partial charge in [-0.1, -0.05) is 30.3 Å². The van der Waals surface area contributed by atoms with E-state index in [0.717, 1.165) is 5.56 Å². The Bertz CT molecular complexity index is 846. The molecule has 32 heavy (non-hydrogen) atoms. The van der Waals surface area contributed by atoms with Crippen molar-refractivity contribution >= 4 is 29.6 Å². The normalized spacial score (nSPS) is 17.3. The Balaban J connectivity index is 2.02. The summed E-state index contributed by atoms with van der Waals surface area (Å²) < 4.78 is 0. The third-order valence-electron chi connectivity index (χ3n) is 5.20. The highest BCUT2D eigenvalue weighted by molar-refractivity contribution is 5.93. The summed E-state index contributed by atoms with van der Waals surface area (Å²) in [6.45, 7) is -0.132. The minimum atomic E-state index is -1.09. The molecule has 1 aliphatic heterocycles. The van der Waals surface area contributed by atoms with E-state index in [-0.39, 0.29) is 19.3 Å².